The van der Waals surface area contributed by atoms with E-state index >= 15 is 0 Å². The molecule has 0 aromatic heterocycles. The lowest BCUT2D eigenvalue weighted by Crippen LogP contribution is -2.51. The quantitative estimate of drug-likeness (QED) is 0.661. The summed E-state index contributed by atoms with van der Waals surface area (Å²) in [6, 6.07) is 6.31. The molecule has 1 aromatic carbocycles. The van der Waals surface area contributed by atoms with Crippen LogP contribution in [0.3, 0.4) is 0 Å². The molecule has 1 aliphatic rings. The van der Waals surface area contributed by atoms with Gasteiger partial charge in [-0.25, -0.2) is 13.2 Å². The molecule has 0 bridgehead atoms. The molecular weight excluding hydrogens is 394 g/mol. The smallest absolute Gasteiger partial charge is 0.424 e. The molecule has 0 radical (unpaired) electrons. The van der Waals surface area contributed by atoms with E-state index in [2.05, 4.69) is 0 Å². The van der Waals surface area contributed by atoms with E-state index in [0.717, 1.165) is 9.87 Å². The van der Waals surface area contributed by atoms with Gasteiger partial charge >= 0.3 is 12.1 Å². The van der Waals surface area contributed by atoms with E-state index in [0.29, 0.717) is 13.0 Å². The third kappa shape index (κ3) is 5.50. The zero-order valence-electron chi connectivity index (χ0n) is 18.2. The molecule has 0 spiro atoms. The van der Waals surface area contributed by atoms with Crippen LogP contribution >= 0.6 is 0 Å². The van der Waals surface area contributed by atoms with Gasteiger partial charge in [-0.2, -0.15) is 4.31 Å². The third-order valence-corrected chi connectivity index (χ3v) is 6.44. The van der Waals surface area contributed by atoms with E-state index in [1.807, 2.05) is 0 Å². The molecule has 29 heavy (non-hydrogen) atoms. The number of benzene rings is 1. The van der Waals surface area contributed by atoms with Gasteiger partial charge in [0.25, 0.3) is 10.0 Å². The van der Waals surface area contributed by atoms with Gasteiger partial charge in [0.15, 0.2) is 0 Å². The summed E-state index contributed by atoms with van der Waals surface area (Å²) in [4.78, 5) is 24.5. The average molecular weight is 426 g/mol. The highest BCUT2D eigenvalue weighted by molar-refractivity contribution is 7.89. The Balaban J connectivity index is 2.27. The zero-order valence-corrected chi connectivity index (χ0v) is 19.0. The summed E-state index contributed by atoms with van der Waals surface area (Å²) in [5.41, 5.74) is -0.957. The second kappa shape index (κ2) is 7.97. The Kier molecular flexibility index (Phi) is 6.37. The number of amides is 1. The number of esters is 1. The Morgan fingerprint density at radius 1 is 1.07 bits per heavy atom. The first-order valence-electron chi connectivity index (χ1n) is 9.73. The van der Waals surface area contributed by atoms with E-state index in [1.165, 1.54) is 12.1 Å². The normalized spacial score (nSPS) is 19.4. The average Bonchev–Trinajstić information content (AvgIpc) is 3.32. The maximum Gasteiger partial charge on any atom is 0.424 e. The molecule has 0 heterocycles. The van der Waals surface area contributed by atoms with Gasteiger partial charge in [0, 0.05) is 0 Å². The molecule has 0 N–H and O–H groups in total. The second-order valence-corrected chi connectivity index (χ2v) is 11.0. The van der Waals surface area contributed by atoms with Crippen LogP contribution in [0.25, 0.3) is 0 Å². The largest absolute Gasteiger partial charge is 0.466 e. The van der Waals surface area contributed by atoms with Crippen LogP contribution in [0.2, 0.25) is 0 Å². The van der Waals surface area contributed by atoms with Crippen molar-refractivity contribution in [3.63, 3.8) is 0 Å². The maximum absolute atomic E-state index is 13.2. The van der Waals surface area contributed by atoms with Gasteiger partial charge in [-0.05, 0) is 78.5 Å². The highest BCUT2D eigenvalue weighted by atomic mass is 32.2. The molecule has 8 heteroatoms. The first-order chi connectivity index (χ1) is 13.2. The lowest BCUT2D eigenvalue weighted by Gasteiger charge is -2.35. The van der Waals surface area contributed by atoms with Gasteiger partial charge in [0.05, 0.1) is 23.0 Å². The second-order valence-electron chi connectivity index (χ2n) is 9.19. The molecule has 1 fully saturated rings. The van der Waals surface area contributed by atoms with Gasteiger partial charge in [-0.15, -0.1) is 0 Å². The maximum atomic E-state index is 13.2. The van der Waals surface area contributed by atoms with Crippen molar-refractivity contribution in [2.45, 2.75) is 76.8 Å². The Morgan fingerprint density at radius 2 is 1.62 bits per heavy atom. The lowest BCUT2D eigenvalue weighted by atomic mass is 10.1. The molecule has 1 amide bonds. The molecule has 2 atom stereocenters. The highest BCUT2D eigenvalue weighted by Gasteiger charge is 2.45. The van der Waals surface area contributed by atoms with Crippen molar-refractivity contribution in [2.24, 2.45) is 5.92 Å². The van der Waals surface area contributed by atoms with Crippen molar-refractivity contribution in [1.82, 2.24) is 4.31 Å². The van der Waals surface area contributed by atoms with Gasteiger partial charge in [0.1, 0.15) is 5.60 Å². The third-order valence-electron chi connectivity index (χ3n) is 4.39. The molecule has 1 aliphatic carbocycles. The molecule has 2 rings (SSSR count). The molecule has 0 aliphatic heterocycles. The SMILES string of the molecule is CCOC(=O)[C@@H]1C[C@H]1c1ccc(S(=O)(=O)N(C(=O)OC(C)(C)C)C(C)(C)C)cc1. The molecule has 0 saturated heterocycles. The number of nitrogens with zero attached hydrogens (tertiary/aromatic N) is 1. The molecule has 162 valence electrons. The predicted octanol–water partition coefficient (Wildman–Crippen LogP) is 4.08. The van der Waals surface area contributed by atoms with Crippen LogP contribution in [-0.2, 0) is 24.3 Å². The Labute approximate surface area is 173 Å². The van der Waals surface area contributed by atoms with Gasteiger partial charge in [0.2, 0.25) is 0 Å². The van der Waals surface area contributed by atoms with Crippen molar-refractivity contribution < 1.29 is 27.5 Å². The number of carbonyl (C=O) groups excluding carboxylic acids is 2. The summed E-state index contributed by atoms with van der Waals surface area (Å²) in [6.45, 7) is 12.1. The van der Waals surface area contributed by atoms with Crippen molar-refractivity contribution in [3.05, 3.63) is 29.8 Å². The summed E-state index contributed by atoms with van der Waals surface area (Å²) in [6.07, 6.45) is -0.226. The number of hydrogen-bond acceptors (Lipinski definition) is 6. The number of rotatable bonds is 5. The van der Waals surface area contributed by atoms with Crippen molar-refractivity contribution in [1.29, 1.82) is 0 Å². The van der Waals surface area contributed by atoms with E-state index in [-0.39, 0.29) is 22.7 Å². The van der Waals surface area contributed by atoms with E-state index in [4.69, 9.17) is 9.47 Å². The zero-order chi connectivity index (χ0) is 22.2. The summed E-state index contributed by atoms with van der Waals surface area (Å²) >= 11 is 0. The molecule has 1 aromatic rings. The van der Waals surface area contributed by atoms with E-state index in [9.17, 15) is 18.0 Å². The Bertz CT molecular complexity index is 862. The van der Waals surface area contributed by atoms with Gasteiger partial charge in [-0.1, -0.05) is 12.1 Å². The van der Waals surface area contributed by atoms with Crippen molar-refractivity contribution in [3.8, 4) is 0 Å². The first-order valence-corrected chi connectivity index (χ1v) is 11.2. The minimum Gasteiger partial charge on any atom is -0.466 e. The van der Waals surface area contributed by atoms with Crippen LogP contribution < -0.4 is 0 Å². The first kappa shape index (κ1) is 23.2. The Hall–Kier alpha value is -2.09. The predicted molar refractivity (Wildman–Crippen MR) is 109 cm³/mol. The molecule has 7 nitrogen and oxygen atoms in total. The number of sulfonamides is 1. The van der Waals surface area contributed by atoms with Gasteiger partial charge in [-0.3, -0.25) is 4.79 Å². The van der Waals surface area contributed by atoms with Gasteiger partial charge < -0.3 is 9.47 Å². The fourth-order valence-corrected chi connectivity index (χ4v) is 4.75. The standard InChI is InChI=1S/C21H31NO6S/c1-8-27-18(23)17-13-16(17)14-9-11-15(12-10-14)29(25,26)22(20(2,3)4)19(24)28-21(5,6)7/h9-12,16-17H,8,13H2,1-7H3/t16-,17+/m0/s1. The minimum atomic E-state index is -4.12. The molecule has 0 unspecified atom stereocenters. The van der Waals surface area contributed by atoms with Crippen LogP contribution in [0.4, 0.5) is 4.79 Å². The van der Waals surface area contributed by atoms with E-state index < -0.39 is 27.3 Å². The summed E-state index contributed by atoms with van der Waals surface area (Å²) in [5, 5.41) is 0. The van der Waals surface area contributed by atoms with E-state index in [1.54, 1.807) is 60.6 Å². The fourth-order valence-electron chi connectivity index (χ4n) is 3.10. The number of carbonyl (C=O) groups is 2. The summed E-state index contributed by atoms with van der Waals surface area (Å²) < 4.78 is 37.6. The van der Waals surface area contributed by atoms with Crippen molar-refractivity contribution in [2.75, 3.05) is 6.61 Å². The molecular formula is C21H31NO6S. The monoisotopic (exact) mass is 425 g/mol. The van der Waals surface area contributed by atoms with Crippen LogP contribution in [-0.4, -0.2) is 42.5 Å². The number of ether oxygens (including phenoxy) is 2. The molecule has 1 saturated carbocycles. The van der Waals surface area contributed by atoms with Crippen LogP contribution in [0.1, 0.15) is 66.4 Å². The van der Waals surface area contributed by atoms with Crippen molar-refractivity contribution >= 4 is 22.1 Å². The Morgan fingerprint density at radius 3 is 2.07 bits per heavy atom. The van der Waals surface area contributed by atoms with Crippen LogP contribution in [0, 0.1) is 5.92 Å². The topological polar surface area (TPSA) is 90.0 Å². The van der Waals surface area contributed by atoms with Crippen LogP contribution in [0.5, 0.6) is 0 Å². The fraction of sp³-hybridized carbons (Fsp3) is 0.619. The highest BCUT2D eigenvalue weighted by Crippen LogP contribution is 2.48. The number of hydrogen-bond donors (Lipinski definition) is 0. The summed E-state index contributed by atoms with van der Waals surface area (Å²) in [5.74, 6) is -0.362. The lowest BCUT2D eigenvalue weighted by molar-refractivity contribution is -0.144. The summed E-state index contributed by atoms with van der Waals surface area (Å²) in [7, 11) is -4.12. The van der Waals surface area contributed by atoms with Crippen LogP contribution in [0.15, 0.2) is 29.2 Å². The minimum absolute atomic E-state index is 0.00429.